The number of anilines is 1. The lowest BCUT2D eigenvalue weighted by Gasteiger charge is -2.14. The van der Waals surface area contributed by atoms with E-state index in [0.29, 0.717) is 24.7 Å². The molecule has 0 radical (unpaired) electrons. The number of nitrogens with one attached hydrogen (secondary N) is 1. The van der Waals surface area contributed by atoms with Gasteiger partial charge in [0.25, 0.3) is 0 Å². The van der Waals surface area contributed by atoms with E-state index in [9.17, 15) is 0 Å². The Kier molecular flexibility index (Phi) is 5.69. The average Bonchev–Trinajstić information content (AvgIpc) is 2.35. The predicted molar refractivity (Wildman–Crippen MR) is 59.1 cm³/mol. The highest BCUT2D eigenvalue weighted by molar-refractivity contribution is 5.32. The van der Waals surface area contributed by atoms with Crippen LogP contribution in [0.1, 0.15) is 5.69 Å². The molecule has 1 aromatic heterocycles. The number of aromatic nitrogens is 2. The number of nitrogens with zero attached hydrogens (tertiary/aromatic N) is 2. The fraction of sp³-hybridized carbons (Fsp3) is 0.600. The summed E-state index contributed by atoms with van der Waals surface area (Å²) in [4.78, 5) is 0. The van der Waals surface area contributed by atoms with Gasteiger partial charge in [0.05, 0.1) is 25.0 Å². The molecule has 16 heavy (non-hydrogen) atoms. The molecule has 0 amide bonds. The fourth-order valence-corrected chi connectivity index (χ4v) is 1.15. The third-order valence-corrected chi connectivity index (χ3v) is 2.08. The Hall–Kier alpha value is -1.24. The molecule has 0 aliphatic carbocycles. The molecule has 1 heterocycles. The molecule has 0 spiro atoms. The number of hydrogen-bond donors (Lipinski definition) is 2. The number of hydrogen-bond acceptors (Lipinski definition) is 6. The number of aliphatic hydroxyl groups is 1. The van der Waals surface area contributed by atoms with E-state index >= 15 is 0 Å². The average molecular weight is 227 g/mol. The number of aliphatic hydroxyl groups excluding tert-OH is 1. The Balaban J connectivity index is 2.40. The molecule has 0 saturated carbocycles. The molecular formula is C10H17N3O3. The lowest BCUT2D eigenvalue weighted by atomic mass is 10.3. The molecule has 0 aromatic carbocycles. The van der Waals surface area contributed by atoms with Crippen molar-refractivity contribution in [1.29, 1.82) is 0 Å². The van der Waals surface area contributed by atoms with Crippen LogP contribution in [0.3, 0.4) is 0 Å². The number of ether oxygens (including phenoxy) is 2. The number of rotatable bonds is 7. The number of methoxy groups -OCH3 is 2. The summed E-state index contributed by atoms with van der Waals surface area (Å²) in [6, 6.07) is 3.48. The van der Waals surface area contributed by atoms with E-state index in [-0.39, 0.29) is 12.7 Å². The Labute approximate surface area is 94.6 Å². The first-order chi connectivity index (χ1) is 7.80. The maximum Gasteiger partial charge on any atom is 0.148 e. The summed E-state index contributed by atoms with van der Waals surface area (Å²) in [5.41, 5.74) is 0.547. The standard InChI is InChI=1S/C10H17N3O3/c1-15-7-9(16-2)5-11-10-4-3-8(6-14)12-13-10/h3-4,9,14H,5-7H2,1-2H3,(H,11,13). The Morgan fingerprint density at radius 3 is 2.69 bits per heavy atom. The van der Waals surface area contributed by atoms with Crippen molar-refractivity contribution in [3.8, 4) is 0 Å². The third-order valence-electron chi connectivity index (χ3n) is 2.08. The summed E-state index contributed by atoms with van der Waals surface area (Å²) in [5, 5.41) is 19.6. The highest BCUT2D eigenvalue weighted by Gasteiger charge is 2.06. The maximum absolute atomic E-state index is 8.80. The smallest absolute Gasteiger partial charge is 0.148 e. The van der Waals surface area contributed by atoms with Crippen molar-refractivity contribution in [1.82, 2.24) is 10.2 Å². The zero-order chi connectivity index (χ0) is 11.8. The van der Waals surface area contributed by atoms with Gasteiger partial charge in [-0.3, -0.25) is 0 Å². The second kappa shape index (κ2) is 7.10. The van der Waals surface area contributed by atoms with Crippen LogP contribution in [0, 0.1) is 0 Å². The van der Waals surface area contributed by atoms with Crippen LogP contribution in [0.5, 0.6) is 0 Å². The molecule has 0 aliphatic rings. The first kappa shape index (κ1) is 12.8. The largest absolute Gasteiger partial charge is 0.390 e. The van der Waals surface area contributed by atoms with Crippen LogP contribution < -0.4 is 5.32 Å². The minimum absolute atomic E-state index is 0.0238. The summed E-state index contributed by atoms with van der Waals surface area (Å²) in [7, 11) is 3.26. The van der Waals surface area contributed by atoms with Gasteiger partial charge in [-0.05, 0) is 12.1 Å². The molecule has 0 aliphatic heterocycles. The summed E-state index contributed by atoms with van der Waals surface area (Å²) in [6.07, 6.45) is -0.0238. The molecule has 90 valence electrons. The zero-order valence-electron chi connectivity index (χ0n) is 9.51. The third kappa shape index (κ3) is 4.09. The van der Waals surface area contributed by atoms with Crippen molar-refractivity contribution >= 4 is 5.82 Å². The highest BCUT2D eigenvalue weighted by atomic mass is 16.5. The van der Waals surface area contributed by atoms with Crippen molar-refractivity contribution in [2.45, 2.75) is 12.7 Å². The van der Waals surface area contributed by atoms with Crippen LogP contribution in [0.15, 0.2) is 12.1 Å². The summed E-state index contributed by atoms with van der Waals surface area (Å²) >= 11 is 0. The van der Waals surface area contributed by atoms with Gasteiger partial charge in [0.2, 0.25) is 0 Å². The Bertz CT molecular complexity index is 292. The van der Waals surface area contributed by atoms with Crippen molar-refractivity contribution in [3.63, 3.8) is 0 Å². The quantitative estimate of drug-likeness (QED) is 0.685. The van der Waals surface area contributed by atoms with Crippen molar-refractivity contribution in [2.75, 3.05) is 32.7 Å². The van der Waals surface area contributed by atoms with Crippen LogP contribution in [0.25, 0.3) is 0 Å². The van der Waals surface area contributed by atoms with Gasteiger partial charge in [-0.2, -0.15) is 5.10 Å². The molecule has 1 unspecified atom stereocenters. The monoisotopic (exact) mass is 227 g/mol. The normalized spacial score (nSPS) is 12.4. The minimum Gasteiger partial charge on any atom is -0.390 e. The second-order valence-corrected chi connectivity index (χ2v) is 3.26. The topological polar surface area (TPSA) is 76.5 Å². The molecule has 0 fully saturated rings. The lowest BCUT2D eigenvalue weighted by molar-refractivity contribution is 0.0365. The first-order valence-corrected chi connectivity index (χ1v) is 4.99. The molecule has 0 saturated heterocycles. The van der Waals surface area contributed by atoms with Crippen LogP contribution in [-0.2, 0) is 16.1 Å². The van der Waals surface area contributed by atoms with Gasteiger partial charge in [-0.1, -0.05) is 0 Å². The molecular weight excluding hydrogens is 210 g/mol. The van der Waals surface area contributed by atoms with Crippen LogP contribution >= 0.6 is 0 Å². The molecule has 2 N–H and O–H groups in total. The van der Waals surface area contributed by atoms with Gasteiger partial charge in [0.15, 0.2) is 0 Å². The highest BCUT2D eigenvalue weighted by Crippen LogP contribution is 2.02. The molecule has 6 nitrogen and oxygen atoms in total. The summed E-state index contributed by atoms with van der Waals surface area (Å²) < 4.78 is 10.2. The van der Waals surface area contributed by atoms with E-state index in [0.717, 1.165) is 0 Å². The van der Waals surface area contributed by atoms with Gasteiger partial charge >= 0.3 is 0 Å². The SMILES string of the molecule is COCC(CNc1ccc(CO)nn1)OC. The van der Waals surface area contributed by atoms with Gasteiger partial charge in [-0.25, -0.2) is 0 Å². The van der Waals surface area contributed by atoms with Gasteiger partial charge < -0.3 is 19.9 Å². The first-order valence-electron chi connectivity index (χ1n) is 4.99. The van der Waals surface area contributed by atoms with E-state index in [4.69, 9.17) is 14.6 Å². The molecule has 0 bridgehead atoms. The fourth-order valence-electron chi connectivity index (χ4n) is 1.15. The van der Waals surface area contributed by atoms with Crippen LogP contribution in [0.4, 0.5) is 5.82 Å². The van der Waals surface area contributed by atoms with Gasteiger partial charge in [0, 0.05) is 20.8 Å². The summed E-state index contributed by atoms with van der Waals surface area (Å²) in [5.74, 6) is 0.648. The summed E-state index contributed by atoms with van der Waals surface area (Å²) in [6.45, 7) is 1.01. The predicted octanol–water partition coefficient (Wildman–Crippen LogP) is 0.0422. The van der Waals surface area contributed by atoms with Crippen LogP contribution in [-0.4, -0.2) is 48.8 Å². The lowest BCUT2D eigenvalue weighted by Crippen LogP contribution is -2.26. The van der Waals surface area contributed by atoms with E-state index in [1.807, 2.05) is 0 Å². The molecule has 1 rings (SSSR count). The van der Waals surface area contributed by atoms with Gasteiger partial charge in [-0.15, -0.1) is 5.10 Å². The van der Waals surface area contributed by atoms with E-state index in [1.165, 1.54) is 0 Å². The van der Waals surface area contributed by atoms with E-state index in [2.05, 4.69) is 15.5 Å². The van der Waals surface area contributed by atoms with Crippen molar-refractivity contribution < 1.29 is 14.6 Å². The maximum atomic E-state index is 8.80. The molecule has 1 atom stereocenters. The van der Waals surface area contributed by atoms with E-state index < -0.39 is 0 Å². The van der Waals surface area contributed by atoms with E-state index in [1.54, 1.807) is 26.4 Å². The van der Waals surface area contributed by atoms with Crippen molar-refractivity contribution in [2.24, 2.45) is 0 Å². The zero-order valence-corrected chi connectivity index (χ0v) is 9.51. The molecule has 1 aromatic rings. The Morgan fingerprint density at radius 2 is 2.19 bits per heavy atom. The van der Waals surface area contributed by atoms with Gasteiger partial charge in [0.1, 0.15) is 5.82 Å². The van der Waals surface area contributed by atoms with Crippen LogP contribution in [0.2, 0.25) is 0 Å². The minimum atomic E-state index is -0.0996. The van der Waals surface area contributed by atoms with Crippen molar-refractivity contribution in [3.05, 3.63) is 17.8 Å². The second-order valence-electron chi connectivity index (χ2n) is 3.26. The molecule has 6 heteroatoms. The Morgan fingerprint density at radius 1 is 1.38 bits per heavy atom.